The van der Waals surface area contributed by atoms with E-state index in [9.17, 15) is 4.79 Å². The van der Waals surface area contributed by atoms with Gasteiger partial charge in [0.2, 0.25) is 6.79 Å². The average molecular weight is 358 g/mol. The minimum atomic E-state index is -0.125. The van der Waals surface area contributed by atoms with E-state index in [0.717, 1.165) is 5.56 Å². The maximum Gasteiger partial charge on any atom is 0.258 e. The standard InChI is InChI=1S/C18H16ClN3O3/c1-22(8-11-6-13(19)17-15(7-11)24-10-25-17)9-16-20-14-5-3-2-4-12(14)18(23)21-16/h2-7H,8-10H2,1H3,(H,20,21,23). The molecule has 2 aromatic carbocycles. The molecule has 0 fully saturated rings. The number of H-pyrrole nitrogens is 1. The molecular weight excluding hydrogens is 342 g/mol. The average Bonchev–Trinajstić information content (AvgIpc) is 3.04. The zero-order valence-corrected chi connectivity index (χ0v) is 14.3. The summed E-state index contributed by atoms with van der Waals surface area (Å²) < 4.78 is 10.7. The molecule has 4 rings (SSSR count). The first kappa shape index (κ1) is 15.9. The molecule has 7 heteroatoms. The van der Waals surface area contributed by atoms with Crippen molar-refractivity contribution in [1.82, 2.24) is 14.9 Å². The van der Waals surface area contributed by atoms with E-state index in [2.05, 4.69) is 9.97 Å². The highest BCUT2D eigenvalue weighted by atomic mass is 35.5. The molecule has 2 heterocycles. The van der Waals surface area contributed by atoms with Gasteiger partial charge in [-0.3, -0.25) is 9.69 Å². The lowest BCUT2D eigenvalue weighted by Crippen LogP contribution is -2.21. The first-order valence-corrected chi connectivity index (χ1v) is 8.22. The maximum atomic E-state index is 12.1. The summed E-state index contributed by atoms with van der Waals surface area (Å²) in [5, 5.41) is 1.13. The number of halogens is 1. The summed E-state index contributed by atoms with van der Waals surface area (Å²) >= 11 is 6.22. The quantitative estimate of drug-likeness (QED) is 0.777. The molecule has 0 unspecified atom stereocenters. The van der Waals surface area contributed by atoms with Crippen LogP contribution in [-0.4, -0.2) is 28.7 Å². The second-order valence-electron chi connectivity index (χ2n) is 6.01. The highest BCUT2D eigenvalue weighted by Crippen LogP contribution is 2.40. The zero-order valence-electron chi connectivity index (χ0n) is 13.6. The molecule has 1 aliphatic rings. The van der Waals surface area contributed by atoms with Crippen molar-refractivity contribution in [1.29, 1.82) is 0 Å². The number of nitrogens with zero attached hydrogens (tertiary/aromatic N) is 2. The van der Waals surface area contributed by atoms with Gasteiger partial charge in [-0.15, -0.1) is 0 Å². The SMILES string of the molecule is CN(Cc1cc(Cl)c2c(c1)OCO2)Cc1nc2ccccc2c(=O)[nH]1. The Labute approximate surface area is 149 Å². The van der Waals surface area contributed by atoms with Crippen molar-refractivity contribution in [3.05, 3.63) is 63.2 Å². The van der Waals surface area contributed by atoms with Crippen molar-refractivity contribution in [2.75, 3.05) is 13.8 Å². The van der Waals surface area contributed by atoms with E-state index in [1.165, 1.54) is 0 Å². The fourth-order valence-electron chi connectivity index (χ4n) is 2.95. The number of aromatic nitrogens is 2. The van der Waals surface area contributed by atoms with Gasteiger partial charge >= 0.3 is 0 Å². The van der Waals surface area contributed by atoms with Gasteiger partial charge in [0.15, 0.2) is 11.5 Å². The molecule has 128 valence electrons. The molecular formula is C18H16ClN3O3. The van der Waals surface area contributed by atoms with Crippen LogP contribution >= 0.6 is 11.6 Å². The van der Waals surface area contributed by atoms with Crippen LogP contribution in [0.5, 0.6) is 11.5 Å². The Balaban J connectivity index is 1.54. The molecule has 0 bridgehead atoms. The van der Waals surface area contributed by atoms with Crippen LogP contribution in [0.25, 0.3) is 10.9 Å². The van der Waals surface area contributed by atoms with Crippen LogP contribution < -0.4 is 15.0 Å². The lowest BCUT2D eigenvalue weighted by atomic mass is 10.2. The van der Waals surface area contributed by atoms with Gasteiger partial charge in [-0.25, -0.2) is 4.98 Å². The first-order valence-electron chi connectivity index (χ1n) is 7.84. The summed E-state index contributed by atoms with van der Waals surface area (Å²) in [5.74, 6) is 1.87. The molecule has 0 atom stereocenters. The van der Waals surface area contributed by atoms with Crippen molar-refractivity contribution in [2.45, 2.75) is 13.1 Å². The normalized spacial score (nSPS) is 12.9. The van der Waals surface area contributed by atoms with Gasteiger partial charge in [0, 0.05) is 6.54 Å². The third-order valence-electron chi connectivity index (χ3n) is 4.02. The number of para-hydroxylation sites is 1. The lowest BCUT2D eigenvalue weighted by Gasteiger charge is -2.17. The van der Waals surface area contributed by atoms with Crippen LogP contribution in [0.15, 0.2) is 41.2 Å². The van der Waals surface area contributed by atoms with Gasteiger partial charge in [-0.05, 0) is 36.9 Å². The smallest absolute Gasteiger partial charge is 0.258 e. The van der Waals surface area contributed by atoms with Crippen LogP contribution in [0.2, 0.25) is 5.02 Å². The zero-order chi connectivity index (χ0) is 17.4. The highest BCUT2D eigenvalue weighted by molar-refractivity contribution is 6.32. The highest BCUT2D eigenvalue weighted by Gasteiger charge is 2.18. The van der Waals surface area contributed by atoms with Crippen LogP contribution in [0.3, 0.4) is 0 Å². The molecule has 0 saturated heterocycles. The number of hydrogen-bond donors (Lipinski definition) is 1. The Kier molecular flexibility index (Phi) is 4.07. The minimum Gasteiger partial charge on any atom is -0.454 e. The molecule has 25 heavy (non-hydrogen) atoms. The topological polar surface area (TPSA) is 67.5 Å². The molecule has 0 amide bonds. The Morgan fingerprint density at radius 1 is 1.24 bits per heavy atom. The van der Waals surface area contributed by atoms with Crippen molar-refractivity contribution in [3.63, 3.8) is 0 Å². The monoisotopic (exact) mass is 357 g/mol. The maximum absolute atomic E-state index is 12.1. The number of aromatic amines is 1. The summed E-state index contributed by atoms with van der Waals surface area (Å²) in [6.45, 7) is 1.33. The van der Waals surface area contributed by atoms with E-state index in [1.54, 1.807) is 6.07 Å². The molecule has 1 aromatic heterocycles. The van der Waals surface area contributed by atoms with Crippen molar-refractivity contribution in [2.24, 2.45) is 0 Å². The molecule has 0 spiro atoms. The second-order valence-corrected chi connectivity index (χ2v) is 6.42. The van der Waals surface area contributed by atoms with E-state index in [1.807, 2.05) is 42.3 Å². The van der Waals surface area contributed by atoms with Gasteiger partial charge in [-0.2, -0.15) is 0 Å². The van der Waals surface area contributed by atoms with Crippen molar-refractivity contribution in [3.8, 4) is 11.5 Å². The Morgan fingerprint density at radius 2 is 2.08 bits per heavy atom. The Morgan fingerprint density at radius 3 is 2.96 bits per heavy atom. The van der Waals surface area contributed by atoms with Crippen LogP contribution in [0, 0.1) is 0 Å². The first-order chi connectivity index (χ1) is 12.1. The predicted octanol–water partition coefficient (Wildman–Crippen LogP) is 2.94. The van der Waals surface area contributed by atoms with Gasteiger partial charge in [0.25, 0.3) is 5.56 Å². The summed E-state index contributed by atoms with van der Waals surface area (Å²) in [5.41, 5.74) is 1.57. The Bertz CT molecular complexity index is 1000. The third kappa shape index (κ3) is 3.18. The summed E-state index contributed by atoms with van der Waals surface area (Å²) in [6.07, 6.45) is 0. The number of benzene rings is 2. The molecule has 0 radical (unpaired) electrons. The molecule has 1 N–H and O–H groups in total. The molecule has 3 aromatic rings. The summed E-state index contributed by atoms with van der Waals surface area (Å²) in [7, 11) is 1.95. The molecule has 1 aliphatic heterocycles. The van der Waals surface area contributed by atoms with E-state index in [0.29, 0.717) is 46.3 Å². The van der Waals surface area contributed by atoms with E-state index < -0.39 is 0 Å². The van der Waals surface area contributed by atoms with Crippen LogP contribution in [-0.2, 0) is 13.1 Å². The van der Waals surface area contributed by atoms with Gasteiger partial charge in [0.1, 0.15) is 5.82 Å². The van der Waals surface area contributed by atoms with Gasteiger partial charge in [0.05, 0.1) is 22.5 Å². The lowest BCUT2D eigenvalue weighted by molar-refractivity contribution is 0.174. The number of fused-ring (bicyclic) bond motifs is 2. The number of ether oxygens (including phenoxy) is 2. The minimum absolute atomic E-state index is 0.125. The van der Waals surface area contributed by atoms with Crippen LogP contribution in [0.4, 0.5) is 0 Å². The van der Waals surface area contributed by atoms with Crippen molar-refractivity contribution < 1.29 is 9.47 Å². The molecule has 6 nitrogen and oxygen atoms in total. The summed E-state index contributed by atoms with van der Waals surface area (Å²) in [6, 6.07) is 11.1. The van der Waals surface area contributed by atoms with E-state index >= 15 is 0 Å². The van der Waals surface area contributed by atoms with Gasteiger partial charge < -0.3 is 14.5 Å². The number of nitrogens with one attached hydrogen (secondary N) is 1. The molecule has 0 aliphatic carbocycles. The second kappa shape index (κ2) is 6.38. The van der Waals surface area contributed by atoms with Crippen LogP contribution in [0.1, 0.15) is 11.4 Å². The Hall–Kier alpha value is -2.57. The third-order valence-corrected chi connectivity index (χ3v) is 4.30. The van der Waals surface area contributed by atoms with E-state index in [4.69, 9.17) is 21.1 Å². The van der Waals surface area contributed by atoms with E-state index in [-0.39, 0.29) is 12.4 Å². The molecule has 0 saturated carbocycles. The largest absolute Gasteiger partial charge is 0.454 e. The van der Waals surface area contributed by atoms with Crippen molar-refractivity contribution >= 4 is 22.5 Å². The van der Waals surface area contributed by atoms with Gasteiger partial charge in [-0.1, -0.05) is 23.7 Å². The summed E-state index contributed by atoms with van der Waals surface area (Å²) in [4.78, 5) is 21.6. The fraction of sp³-hybridized carbons (Fsp3) is 0.222. The number of hydrogen-bond acceptors (Lipinski definition) is 5. The number of rotatable bonds is 4. The fourth-order valence-corrected chi connectivity index (χ4v) is 3.23. The predicted molar refractivity (Wildman–Crippen MR) is 95.1 cm³/mol.